The molecule has 0 bridgehead atoms. The predicted molar refractivity (Wildman–Crippen MR) is 67.2 cm³/mol. The van der Waals surface area contributed by atoms with Gasteiger partial charge in [0.15, 0.2) is 5.75 Å². The first-order valence-corrected chi connectivity index (χ1v) is 5.74. The Morgan fingerprint density at radius 3 is 3.00 bits per heavy atom. The molecule has 2 heterocycles. The lowest BCUT2D eigenvalue weighted by molar-refractivity contribution is 0.458. The molecule has 0 aromatic carbocycles. The lowest BCUT2D eigenvalue weighted by Gasteiger charge is -2.05. The summed E-state index contributed by atoms with van der Waals surface area (Å²) < 4.78 is 7.42. The molecule has 0 aliphatic rings. The molecule has 0 aliphatic carbocycles. The van der Waals surface area contributed by atoms with E-state index in [1.54, 1.807) is 19.2 Å². The minimum Gasteiger partial charge on any atom is -0.436 e. The molecule has 0 saturated heterocycles. The van der Waals surface area contributed by atoms with Gasteiger partial charge in [-0.3, -0.25) is 4.68 Å². The average Bonchev–Trinajstić information content (AvgIpc) is 2.76. The highest BCUT2D eigenvalue weighted by molar-refractivity contribution is 5.38. The summed E-state index contributed by atoms with van der Waals surface area (Å²) in [5.41, 5.74) is 2.47. The zero-order valence-electron chi connectivity index (χ0n) is 10.4. The number of anilines is 1. The van der Waals surface area contributed by atoms with E-state index >= 15 is 0 Å². The Hall–Kier alpha value is -2.15. The number of hydrogen-bond donors (Lipinski definition) is 2. The van der Waals surface area contributed by atoms with Crippen LogP contribution < -0.4 is 16.0 Å². The van der Waals surface area contributed by atoms with Crippen LogP contribution in [0.4, 0.5) is 5.82 Å². The highest BCUT2D eigenvalue weighted by Crippen LogP contribution is 2.20. The van der Waals surface area contributed by atoms with E-state index < -0.39 is 0 Å². The molecular weight excluding hydrogens is 232 g/mol. The Balaban J connectivity index is 2.14. The van der Waals surface area contributed by atoms with Crippen LogP contribution in [0.2, 0.25) is 0 Å². The van der Waals surface area contributed by atoms with Crippen molar-refractivity contribution in [2.75, 3.05) is 5.43 Å². The Morgan fingerprint density at radius 2 is 2.28 bits per heavy atom. The van der Waals surface area contributed by atoms with E-state index in [-0.39, 0.29) is 0 Å². The molecule has 7 nitrogen and oxygen atoms in total. The summed E-state index contributed by atoms with van der Waals surface area (Å²) in [4.78, 5) is 8.25. The normalized spacial score (nSPS) is 10.4. The van der Waals surface area contributed by atoms with E-state index in [2.05, 4.69) is 27.4 Å². The van der Waals surface area contributed by atoms with Gasteiger partial charge in [-0.05, 0) is 13.3 Å². The van der Waals surface area contributed by atoms with E-state index in [9.17, 15) is 0 Å². The summed E-state index contributed by atoms with van der Waals surface area (Å²) in [6, 6.07) is 1.63. The van der Waals surface area contributed by atoms with Crippen molar-refractivity contribution in [3.05, 3.63) is 24.3 Å². The van der Waals surface area contributed by atoms with Gasteiger partial charge in [0.05, 0.1) is 12.4 Å². The molecule has 2 aromatic heterocycles. The SMILES string of the molecule is CCCn1cc(Oc2cc(NN)nc(C)n2)cn1. The molecule has 3 N–H and O–H groups in total. The van der Waals surface area contributed by atoms with Crippen molar-refractivity contribution in [1.29, 1.82) is 0 Å². The van der Waals surface area contributed by atoms with E-state index in [0.29, 0.717) is 23.3 Å². The van der Waals surface area contributed by atoms with Crippen molar-refractivity contribution >= 4 is 5.82 Å². The van der Waals surface area contributed by atoms with Crippen molar-refractivity contribution in [2.24, 2.45) is 5.84 Å². The number of nitrogens with zero attached hydrogens (tertiary/aromatic N) is 4. The Kier molecular flexibility index (Phi) is 3.73. The smallest absolute Gasteiger partial charge is 0.224 e. The zero-order chi connectivity index (χ0) is 13.0. The lowest BCUT2D eigenvalue weighted by atomic mass is 10.5. The first-order chi connectivity index (χ1) is 8.71. The van der Waals surface area contributed by atoms with Gasteiger partial charge in [-0.2, -0.15) is 10.1 Å². The van der Waals surface area contributed by atoms with Crippen LogP contribution in [0.15, 0.2) is 18.5 Å². The molecular formula is C11H16N6O. The molecule has 18 heavy (non-hydrogen) atoms. The highest BCUT2D eigenvalue weighted by atomic mass is 16.5. The van der Waals surface area contributed by atoms with Gasteiger partial charge in [0.25, 0.3) is 0 Å². The predicted octanol–water partition coefficient (Wildman–Crippen LogP) is 1.47. The third-order valence-corrected chi connectivity index (χ3v) is 2.25. The molecule has 7 heteroatoms. The number of nitrogens with one attached hydrogen (secondary N) is 1. The second-order valence-corrected chi connectivity index (χ2v) is 3.82. The Labute approximate surface area is 105 Å². The van der Waals surface area contributed by atoms with Crippen LogP contribution in [0.1, 0.15) is 19.2 Å². The van der Waals surface area contributed by atoms with Crippen LogP contribution in [-0.4, -0.2) is 19.7 Å². The quantitative estimate of drug-likeness (QED) is 0.615. The van der Waals surface area contributed by atoms with Gasteiger partial charge < -0.3 is 10.2 Å². The maximum absolute atomic E-state index is 5.60. The number of hydrazine groups is 1. The fraction of sp³-hybridized carbons (Fsp3) is 0.364. The number of rotatable bonds is 5. The Bertz CT molecular complexity index is 524. The van der Waals surface area contributed by atoms with E-state index in [1.165, 1.54) is 0 Å². The van der Waals surface area contributed by atoms with Crippen molar-refractivity contribution in [3.63, 3.8) is 0 Å². The number of ether oxygens (including phenoxy) is 1. The second kappa shape index (κ2) is 5.46. The summed E-state index contributed by atoms with van der Waals surface area (Å²) in [6.45, 7) is 4.73. The molecule has 2 rings (SSSR count). The van der Waals surface area contributed by atoms with Crippen molar-refractivity contribution < 1.29 is 4.74 Å². The number of hydrogen-bond acceptors (Lipinski definition) is 6. The molecule has 0 saturated carbocycles. The van der Waals surface area contributed by atoms with Crippen LogP contribution in [0, 0.1) is 6.92 Å². The maximum Gasteiger partial charge on any atom is 0.224 e. The fourth-order valence-corrected chi connectivity index (χ4v) is 1.54. The largest absolute Gasteiger partial charge is 0.436 e. The summed E-state index contributed by atoms with van der Waals surface area (Å²) >= 11 is 0. The van der Waals surface area contributed by atoms with E-state index in [1.807, 2.05) is 10.9 Å². The number of aromatic nitrogens is 4. The summed E-state index contributed by atoms with van der Waals surface area (Å²) in [6.07, 6.45) is 4.51. The Morgan fingerprint density at radius 1 is 1.44 bits per heavy atom. The summed E-state index contributed by atoms with van der Waals surface area (Å²) in [5.74, 6) is 7.49. The molecule has 0 amide bonds. The number of aryl methyl sites for hydroxylation is 2. The minimum atomic E-state index is 0.437. The molecule has 96 valence electrons. The van der Waals surface area contributed by atoms with Crippen molar-refractivity contribution in [2.45, 2.75) is 26.8 Å². The molecule has 0 spiro atoms. The van der Waals surface area contributed by atoms with Crippen LogP contribution in [0.3, 0.4) is 0 Å². The molecule has 0 aliphatic heterocycles. The molecule has 0 unspecified atom stereocenters. The lowest BCUT2D eigenvalue weighted by Crippen LogP contribution is -2.09. The molecule has 2 aromatic rings. The van der Waals surface area contributed by atoms with Crippen LogP contribution in [0.25, 0.3) is 0 Å². The summed E-state index contributed by atoms with van der Waals surface area (Å²) in [7, 11) is 0. The van der Waals surface area contributed by atoms with Gasteiger partial charge >= 0.3 is 0 Å². The van der Waals surface area contributed by atoms with Gasteiger partial charge in [0, 0.05) is 12.6 Å². The maximum atomic E-state index is 5.60. The third-order valence-electron chi connectivity index (χ3n) is 2.25. The van der Waals surface area contributed by atoms with Gasteiger partial charge in [-0.15, -0.1) is 0 Å². The number of nitrogens with two attached hydrogens (primary N) is 1. The third kappa shape index (κ3) is 2.95. The molecule has 0 atom stereocenters. The van der Waals surface area contributed by atoms with Gasteiger partial charge in [-0.25, -0.2) is 10.8 Å². The average molecular weight is 248 g/mol. The van der Waals surface area contributed by atoms with Gasteiger partial charge in [0.1, 0.15) is 11.6 Å². The van der Waals surface area contributed by atoms with Crippen LogP contribution in [-0.2, 0) is 6.54 Å². The summed E-state index contributed by atoms with van der Waals surface area (Å²) in [5, 5.41) is 4.18. The standard InChI is InChI=1S/C11H16N6O/c1-3-4-17-7-9(6-13-17)18-11-5-10(16-12)14-8(2)15-11/h5-7H,3-4,12H2,1-2H3,(H,14,15,16). The van der Waals surface area contributed by atoms with Gasteiger partial charge in [0.2, 0.25) is 5.88 Å². The zero-order valence-corrected chi connectivity index (χ0v) is 10.4. The number of nitrogen functional groups attached to an aromatic ring is 1. The molecule has 0 radical (unpaired) electrons. The minimum absolute atomic E-state index is 0.437. The van der Waals surface area contributed by atoms with E-state index in [0.717, 1.165) is 13.0 Å². The monoisotopic (exact) mass is 248 g/mol. The fourth-order valence-electron chi connectivity index (χ4n) is 1.54. The van der Waals surface area contributed by atoms with E-state index in [4.69, 9.17) is 10.6 Å². The first kappa shape index (κ1) is 12.3. The first-order valence-electron chi connectivity index (χ1n) is 5.74. The van der Waals surface area contributed by atoms with Gasteiger partial charge in [-0.1, -0.05) is 6.92 Å². The second-order valence-electron chi connectivity index (χ2n) is 3.82. The van der Waals surface area contributed by atoms with Crippen LogP contribution >= 0.6 is 0 Å². The highest BCUT2D eigenvalue weighted by Gasteiger charge is 2.05. The van der Waals surface area contributed by atoms with Crippen molar-refractivity contribution in [3.8, 4) is 11.6 Å². The van der Waals surface area contributed by atoms with Crippen molar-refractivity contribution in [1.82, 2.24) is 19.7 Å². The molecule has 0 fully saturated rings. The topological polar surface area (TPSA) is 90.9 Å². The van der Waals surface area contributed by atoms with Crippen LogP contribution in [0.5, 0.6) is 11.6 Å².